The maximum absolute atomic E-state index is 12.8. The summed E-state index contributed by atoms with van der Waals surface area (Å²) >= 11 is 17.9. The highest BCUT2D eigenvalue weighted by Gasteiger charge is 2.25. The van der Waals surface area contributed by atoms with Gasteiger partial charge >= 0.3 is 0 Å². The fourth-order valence-corrected chi connectivity index (χ4v) is 4.64. The normalized spacial score (nSPS) is 14.9. The van der Waals surface area contributed by atoms with E-state index in [1.165, 1.54) is 36.4 Å². The minimum atomic E-state index is -4.04. The first-order chi connectivity index (χ1) is 12.8. The van der Waals surface area contributed by atoms with Crippen LogP contribution in [0.1, 0.15) is 10.4 Å². The van der Waals surface area contributed by atoms with Crippen molar-refractivity contribution in [3.8, 4) is 0 Å². The molecule has 3 rings (SSSR count). The number of halogens is 3. The van der Waals surface area contributed by atoms with Gasteiger partial charge in [-0.25, -0.2) is 8.42 Å². The number of hydrogen-bond donors (Lipinski definition) is 1. The van der Waals surface area contributed by atoms with Crippen molar-refractivity contribution < 1.29 is 17.9 Å². The Bertz CT molecular complexity index is 976. The van der Waals surface area contributed by atoms with Crippen molar-refractivity contribution in [3.05, 3.63) is 57.0 Å². The predicted octanol–water partition coefficient (Wildman–Crippen LogP) is 3.92. The average molecular weight is 450 g/mol. The molecule has 1 aliphatic rings. The molecule has 0 aromatic heterocycles. The van der Waals surface area contributed by atoms with Crippen LogP contribution < -0.4 is 4.72 Å². The second-order valence-corrected chi connectivity index (χ2v) is 8.71. The molecule has 27 heavy (non-hydrogen) atoms. The van der Waals surface area contributed by atoms with Crippen LogP contribution in [0.3, 0.4) is 0 Å². The van der Waals surface area contributed by atoms with Crippen LogP contribution in [0, 0.1) is 0 Å². The lowest BCUT2D eigenvalue weighted by Crippen LogP contribution is -2.41. The Hall–Kier alpha value is -1.51. The Morgan fingerprint density at radius 2 is 1.63 bits per heavy atom. The van der Waals surface area contributed by atoms with E-state index in [1.807, 2.05) is 0 Å². The molecule has 1 N–H and O–H groups in total. The summed E-state index contributed by atoms with van der Waals surface area (Å²) in [5, 5.41) is 0.609. The highest BCUT2D eigenvalue weighted by molar-refractivity contribution is 7.92. The molecule has 6 nitrogen and oxygen atoms in total. The number of nitrogens with one attached hydrogen (secondary N) is 1. The van der Waals surface area contributed by atoms with E-state index in [0.717, 1.165) is 0 Å². The fraction of sp³-hybridized carbons (Fsp3) is 0.235. The van der Waals surface area contributed by atoms with Gasteiger partial charge in [0.05, 0.1) is 29.5 Å². The van der Waals surface area contributed by atoms with Gasteiger partial charge in [-0.15, -0.1) is 0 Å². The van der Waals surface area contributed by atoms with Crippen LogP contribution in [0.25, 0.3) is 0 Å². The molecule has 0 atom stereocenters. The molecule has 1 saturated heterocycles. The average Bonchev–Trinajstić information content (AvgIpc) is 2.63. The lowest BCUT2D eigenvalue weighted by Gasteiger charge is -2.27. The summed E-state index contributed by atoms with van der Waals surface area (Å²) in [6.07, 6.45) is 0. The Balaban J connectivity index is 1.96. The van der Waals surface area contributed by atoms with Crippen LogP contribution in [0.2, 0.25) is 15.1 Å². The van der Waals surface area contributed by atoms with E-state index in [9.17, 15) is 13.2 Å². The number of nitrogens with zero attached hydrogens (tertiary/aromatic N) is 1. The second kappa shape index (κ2) is 8.24. The smallest absolute Gasteiger partial charge is 0.263 e. The van der Waals surface area contributed by atoms with Gasteiger partial charge in [-0.05, 0) is 36.4 Å². The van der Waals surface area contributed by atoms with E-state index >= 15 is 0 Å². The molecule has 10 heteroatoms. The van der Waals surface area contributed by atoms with Crippen LogP contribution in [0.5, 0.6) is 0 Å². The van der Waals surface area contributed by atoms with Gasteiger partial charge in [-0.1, -0.05) is 34.8 Å². The van der Waals surface area contributed by atoms with Crippen LogP contribution in [-0.4, -0.2) is 45.5 Å². The van der Waals surface area contributed by atoms with E-state index in [-0.39, 0.29) is 27.1 Å². The van der Waals surface area contributed by atoms with Gasteiger partial charge in [0, 0.05) is 23.1 Å². The molecule has 0 saturated carbocycles. The largest absolute Gasteiger partial charge is 0.378 e. The van der Waals surface area contributed by atoms with Crippen LogP contribution >= 0.6 is 34.8 Å². The number of rotatable bonds is 4. The molecule has 0 radical (unpaired) electrons. The summed E-state index contributed by atoms with van der Waals surface area (Å²) in [7, 11) is -4.04. The number of hydrogen-bond acceptors (Lipinski definition) is 4. The van der Waals surface area contributed by atoms with Crippen molar-refractivity contribution in [1.82, 2.24) is 4.90 Å². The monoisotopic (exact) mass is 448 g/mol. The van der Waals surface area contributed by atoms with Gasteiger partial charge in [0.25, 0.3) is 15.9 Å². The third kappa shape index (κ3) is 4.67. The molecule has 1 fully saturated rings. The van der Waals surface area contributed by atoms with E-state index in [4.69, 9.17) is 39.5 Å². The Labute approximate surface area is 172 Å². The number of anilines is 1. The topological polar surface area (TPSA) is 75.7 Å². The first-order valence-electron chi connectivity index (χ1n) is 7.92. The summed E-state index contributed by atoms with van der Waals surface area (Å²) in [6, 6.07) is 8.42. The lowest BCUT2D eigenvalue weighted by atomic mass is 10.1. The maximum atomic E-state index is 12.8. The first-order valence-corrected chi connectivity index (χ1v) is 10.5. The third-order valence-electron chi connectivity index (χ3n) is 3.94. The van der Waals surface area contributed by atoms with Gasteiger partial charge in [0.2, 0.25) is 0 Å². The quantitative estimate of drug-likeness (QED) is 0.767. The zero-order chi connectivity index (χ0) is 19.6. The summed E-state index contributed by atoms with van der Waals surface area (Å²) in [5.74, 6) is -0.333. The molecule has 0 spiro atoms. The van der Waals surface area contributed by atoms with E-state index in [1.54, 1.807) is 4.90 Å². The van der Waals surface area contributed by atoms with E-state index in [2.05, 4.69) is 4.72 Å². The number of amides is 1. The first kappa shape index (κ1) is 20.2. The Morgan fingerprint density at radius 3 is 2.30 bits per heavy atom. The zero-order valence-corrected chi connectivity index (χ0v) is 17.0. The summed E-state index contributed by atoms with van der Waals surface area (Å²) in [5.41, 5.74) is 0.264. The predicted molar refractivity (Wildman–Crippen MR) is 105 cm³/mol. The molecule has 0 unspecified atom stereocenters. The molecule has 144 valence electrons. The minimum absolute atomic E-state index is 0.0231. The molecule has 2 aromatic rings. The SMILES string of the molecule is O=C(c1cc(Cl)ccc1NS(=O)(=O)c1ccc(Cl)cc1Cl)N1CCOCC1. The number of carbonyl (C=O) groups is 1. The van der Waals surface area contributed by atoms with Gasteiger partial charge in [0.1, 0.15) is 4.90 Å². The molecule has 2 aromatic carbocycles. The van der Waals surface area contributed by atoms with Crippen molar-refractivity contribution in [2.45, 2.75) is 4.90 Å². The minimum Gasteiger partial charge on any atom is -0.378 e. The highest BCUT2D eigenvalue weighted by Crippen LogP contribution is 2.29. The molecule has 0 aliphatic carbocycles. The number of morpholine rings is 1. The summed E-state index contributed by atoms with van der Waals surface area (Å²) < 4.78 is 33.2. The van der Waals surface area contributed by atoms with E-state index in [0.29, 0.717) is 36.3 Å². The van der Waals surface area contributed by atoms with Crippen molar-refractivity contribution in [2.75, 3.05) is 31.0 Å². The molecule has 0 bridgehead atoms. The standard InChI is InChI=1S/C17H15Cl3N2O4S/c18-11-1-3-15(13(9-11)17(23)22-5-7-26-8-6-22)21-27(24,25)16-4-2-12(19)10-14(16)20/h1-4,9-10,21H,5-8H2. The number of ether oxygens (including phenoxy) is 1. The number of sulfonamides is 1. The van der Waals surface area contributed by atoms with Crippen LogP contribution in [-0.2, 0) is 14.8 Å². The van der Waals surface area contributed by atoms with Crippen LogP contribution in [0.4, 0.5) is 5.69 Å². The lowest BCUT2D eigenvalue weighted by molar-refractivity contribution is 0.0303. The Morgan fingerprint density at radius 1 is 1.00 bits per heavy atom. The molecule has 1 amide bonds. The highest BCUT2D eigenvalue weighted by atomic mass is 35.5. The maximum Gasteiger partial charge on any atom is 0.263 e. The van der Waals surface area contributed by atoms with Crippen molar-refractivity contribution in [2.24, 2.45) is 0 Å². The van der Waals surface area contributed by atoms with Gasteiger partial charge in [-0.2, -0.15) is 0 Å². The second-order valence-electron chi connectivity index (χ2n) is 5.77. The van der Waals surface area contributed by atoms with Gasteiger partial charge < -0.3 is 9.64 Å². The van der Waals surface area contributed by atoms with Gasteiger partial charge in [0.15, 0.2) is 0 Å². The Kier molecular flexibility index (Phi) is 6.18. The summed E-state index contributed by atoms with van der Waals surface area (Å²) in [6.45, 7) is 1.68. The van der Waals surface area contributed by atoms with Crippen LogP contribution in [0.15, 0.2) is 41.3 Å². The van der Waals surface area contributed by atoms with Crippen molar-refractivity contribution >= 4 is 56.4 Å². The van der Waals surface area contributed by atoms with Crippen molar-refractivity contribution in [3.63, 3.8) is 0 Å². The molecular formula is C17H15Cl3N2O4S. The zero-order valence-electron chi connectivity index (χ0n) is 13.9. The third-order valence-corrected chi connectivity index (χ3v) is 6.26. The summed E-state index contributed by atoms with van der Waals surface area (Å²) in [4.78, 5) is 14.3. The molecule has 1 aliphatic heterocycles. The molecule has 1 heterocycles. The fourth-order valence-electron chi connectivity index (χ4n) is 2.61. The van der Waals surface area contributed by atoms with E-state index < -0.39 is 10.0 Å². The van der Waals surface area contributed by atoms with Crippen molar-refractivity contribution in [1.29, 1.82) is 0 Å². The van der Waals surface area contributed by atoms with Gasteiger partial charge in [-0.3, -0.25) is 9.52 Å². The molecular weight excluding hydrogens is 435 g/mol. The number of benzene rings is 2. The number of carbonyl (C=O) groups excluding carboxylic acids is 1.